The molecule has 0 saturated carbocycles. The predicted octanol–water partition coefficient (Wildman–Crippen LogP) is 2.38. The monoisotopic (exact) mass is 260 g/mol. The zero-order chi connectivity index (χ0) is 13.7. The third kappa shape index (κ3) is 3.55. The number of nitrogens with one attached hydrogen (secondary N) is 2. The minimum Gasteiger partial charge on any atom is -0.307 e. The van der Waals surface area contributed by atoms with Crippen molar-refractivity contribution in [3.05, 3.63) is 30.0 Å². The molecule has 0 aliphatic rings. The zero-order valence-electron chi connectivity index (χ0n) is 12.1. The molecule has 4 heteroatoms. The SMILES string of the molecule is CCN(CC)CC(C)NCc1[nH]nc2ccccc12. The lowest BCUT2D eigenvalue weighted by Gasteiger charge is -2.23. The van der Waals surface area contributed by atoms with E-state index in [-0.39, 0.29) is 0 Å². The minimum absolute atomic E-state index is 0.474. The summed E-state index contributed by atoms with van der Waals surface area (Å²) in [6.45, 7) is 10.8. The molecular weight excluding hydrogens is 236 g/mol. The lowest BCUT2D eigenvalue weighted by atomic mass is 10.2. The molecule has 0 spiro atoms. The number of aromatic nitrogens is 2. The van der Waals surface area contributed by atoms with Crippen molar-refractivity contribution < 1.29 is 0 Å². The standard InChI is InChI=1S/C15H24N4/c1-4-19(5-2)11-12(3)16-10-15-13-8-6-7-9-14(13)17-18-15/h6-9,12,16H,4-5,10-11H2,1-3H3,(H,17,18). The van der Waals surface area contributed by atoms with Crippen molar-refractivity contribution in [2.75, 3.05) is 19.6 Å². The lowest BCUT2D eigenvalue weighted by Crippen LogP contribution is -2.38. The highest BCUT2D eigenvalue weighted by molar-refractivity contribution is 5.81. The van der Waals surface area contributed by atoms with Gasteiger partial charge in [0.2, 0.25) is 0 Å². The van der Waals surface area contributed by atoms with Crippen LogP contribution >= 0.6 is 0 Å². The number of aromatic amines is 1. The molecule has 0 aliphatic heterocycles. The van der Waals surface area contributed by atoms with Crippen LogP contribution in [0.2, 0.25) is 0 Å². The van der Waals surface area contributed by atoms with Crippen LogP contribution in [0.1, 0.15) is 26.5 Å². The molecule has 4 nitrogen and oxygen atoms in total. The van der Waals surface area contributed by atoms with Crippen LogP contribution in [0, 0.1) is 0 Å². The second-order valence-corrected chi connectivity index (χ2v) is 4.99. The third-order valence-electron chi connectivity index (χ3n) is 3.59. The van der Waals surface area contributed by atoms with Crippen molar-refractivity contribution in [3.63, 3.8) is 0 Å². The first-order chi connectivity index (χ1) is 9.24. The second kappa shape index (κ2) is 6.68. The molecule has 0 bridgehead atoms. The Morgan fingerprint density at radius 1 is 1.26 bits per heavy atom. The van der Waals surface area contributed by atoms with Gasteiger partial charge in [-0.25, -0.2) is 0 Å². The maximum absolute atomic E-state index is 4.31. The molecule has 2 aromatic rings. The molecule has 1 unspecified atom stereocenters. The summed E-state index contributed by atoms with van der Waals surface area (Å²) in [6, 6.07) is 8.70. The van der Waals surface area contributed by atoms with Crippen molar-refractivity contribution >= 4 is 10.9 Å². The Morgan fingerprint density at radius 2 is 2.00 bits per heavy atom. The maximum Gasteiger partial charge on any atom is 0.0924 e. The average Bonchev–Trinajstić information content (AvgIpc) is 2.86. The van der Waals surface area contributed by atoms with Crippen molar-refractivity contribution in [3.8, 4) is 0 Å². The Balaban J connectivity index is 1.91. The number of hydrogen-bond donors (Lipinski definition) is 2. The molecule has 1 atom stereocenters. The third-order valence-corrected chi connectivity index (χ3v) is 3.59. The number of benzene rings is 1. The van der Waals surface area contributed by atoms with E-state index < -0.39 is 0 Å². The number of rotatable bonds is 7. The van der Waals surface area contributed by atoms with E-state index in [1.807, 2.05) is 12.1 Å². The van der Waals surface area contributed by atoms with E-state index >= 15 is 0 Å². The first-order valence-corrected chi connectivity index (χ1v) is 7.12. The topological polar surface area (TPSA) is 44.0 Å². The Bertz CT molecular complexity index is 502. The van der Waals surface area contributed by atoms with Crippen LogP contribution in [-0.2, 0) is 6.54 Å². The van der Waals surface area contributed by atoms with E-state index in [1.54, 1.807) is 0 Å². The summed E-state index contributed by atoms with van der Waals surface area (Å²) >= 11 is 0. The largest absolute Gasteiger partial charge is 0.307 e. The van der Waals surface area contributed by atoms with E-state index in [1.165, 1.54) is 11.1 Å². The fraction of sp³-hybridized carbons (Fsp3) is 0.533. The lowest BCUT2D eigenvalue weighted by molar-refractivity contribution is 0.270. The van der Waals surface area contributed by atoms with Gasteiger partial charge in [0, 0.05) is 24.5 Å². The van der Waals surface area contributed by atoms with Gasteiger partial charge in [-0.15, -0.1) is 0 Å². The highest BCUT2D eigenvalue weighted by Gasteiger charge is 2.09. The Morgan fingerprint density at radius 3 is 2.74 bits per heavy atom. The van der Waals surface area contributed by atoms with Crippen molar-refractivity contribution in [2.45, 2.75) is 33.4 Å². The summed E-state index contributed by atoms with van der Waals surface area (Å²) in [5, 5.41) is 12.2. The van der Waals surface area contributed by atoms with Gasteiger partial charge in [0.1, 0.15) is 0 Å². The molecule has 0 radical (unpaired) electrons. The van der Waals surface area contributed by atoms with Crippen LogP contribution in [0.4, 0.5) is 0 Å². The van der Waals surface area contributed by atoms with E-state index in [9.17, 15) is 0 Å². The predicted molar refractivity (Wildman–Crippen MR) is 80.2 cm³/mol. The summed E-state index contributed by atoms with van der Waals surface area (Å²) in [4.78, 5) is 2.43. The molecule has 19 heavy (non-hydrogen) atoms. The quantitative estimate of drug-likeness (QED) is 0.803. The van der Waals surface area contributed by atoms with E-state index in [0.717, 1.165) is 31.7 Å². The molecule has 0 aliphatic carbocycles. The minimum atomic E-state index is 0.474. The average molecular weight is 260 g/mol. The van der Waals surface area contributed by atoms with Crippen molar-refractivity contribution in [1.82, 2.24) is 20.4 Å². The van der Waals surface area contributed by atoms with Gasteiger partial charge in [0.25, 0.3) is 0 Å². The maximum atomic E-state index is 4.31. The van der Waals surface area contributed by atoms with Crippen LogP contribution in [0.3, 0.4) is 0 Å². The van der Waals surface area contributed by atoms with Gasteiger partial charge in [-0.2, -0.15) is 5.10 Å². The number of H-pyrrole nitrogens is 1. The number of nitrogens with zero attached hydrogens (tertiary/aromatic N) is 2. The molecule has 2 rings (SSSR count). The number of likely N-dealkylation sites (N-methyl/N-ethyl adjacent to an activating group) is 1. The highest BCUT2D eigenvalue weighted by atomic mass is 15.2. The van der Waals surface area contributed by atoms with Gasteiger partial charge >= 0.3 is 0 Å². The van der Waals surface area contributed by atoms with Crippen molar-refractivity contribution in [1.29, 1.82) is 0 Å². The van der Waals surface area contributed by atoms with Crippen molar-refractivity contribution in [2.24, 2.45) is 0 Å². The summed E-state index contributed by atoms with van der Waals surface area (Å²) in [5.74, 6) is 0. The molecular formula is C15H24N4. The second-order valence-electron chi connectivity index (χ2n) is 4.99. The number of para-hydroxylation sites is 1. The number of fused-ring (bicyclic) bond motifs is 1. The molecule has 1 aromatic heterocycles. The smallest absolute Gasteiger partial charge is 0.0924 e. The van der Waals surface area contributed by atoms with Gasteiger partial charge in [0.15, 0.2) is 0 Å². The molecule has 2 N–H and O–H groups in total. The van der Waals surface area contributed by atoms with Gasteiger partial charge in [0.05, 0.1) is 11.2 Å². The van der Waals surface area contributed by atoms with Crippen LogP contribution in [0.15, 0.2) is 24.3 Å². The summed E-state index contributed by atoms with van der Waals surface area (Å²) in [6.07, 6.45) is 0. The summed E-state index contributed by atoms with van der Waals surface area (Å²) < 4.78 is 0. The molecule has 0 saturated heterocycles. The molecule has 1 aromatic carbocycles. The van der Waals surface area contributed by atoms with Crippen LogP contribution in [-0.4, -0.2) is 40.8 Å². The fourth-order valence-corrected chi connectivity index (χ4v) is 2.36. The van der Waals surface area contributed by atoms with Gasteiger partial charge in [-0.1, -0.05) is 32.0 Å². The van der Waals surface area contributed by atoms with E-state index in [4.69, 9.17) is 0 Å². The normalized spacial score (nSPS) is 13.3. The van der Waals surface area contributed by atoms with Crippen LogP contribution < -0.4 is 5.32 Å². The molecule has 0 fully saturated rings. The molecule has 1 heterocycles. The van der Waals surface area contributed by atoms with Crippen LogP contribution in [0.5, 0.6) is 0 Å². The fourth-order valence-electron chi connectivity index (χ4n) is 2.36. The number of hydrogen-bond acceptors (Lipinski definition) is 3. The van der Waals surface area contributed by atoms with E-state index in [2.05, 4.69) is 53.3 Å². The first kappa shape index (κ1) is 14.0. The molecule has 104 valence electrons. The Hall–Kier alpha value is -1.39. The first-order valence-electron chi connectivity index (χ1n) is 7.12. The Kier molecular flexibility index (Phi) is 4.93. The summed E-state index contributed by atoms with van der Waals surface area (Å²) in [7, 11) is 0. The molecule has 0 amide bonds. The zero-order valence-corrected chi connectivity index (χ0v) is 12.1. The highest BCUT2D eigenvalue weighted by Crippen LogP contribution is 2.14. The van der Waals surface area contributed by atoms with Crippen LogP contribution in [0.25, 0.3) is 10.9 Å². The van der Waals surface area contributed by atoms with Gasteiger partial charge in [-0.05, 0) is 26.1 Å². The van der Waals surface area contributed by atoms with Gasteiger partial charge in [-0.3, -0.25) is 5.10 Å². The van der Waals surface area contributed by atoms with Gasteiger partial charge < -0.3 is 10.2 Å². The van der Waals surface area contributed by atoms with E-state index in [0.29, 0.717) is 6.04 Å². The Labute approximate surface area is 115 Å². The summed E-state index contributed by atoms with van der Waals surface area (Å²) in [5.41, 5.74) is 2.21.